The largest absolute Gasteiger partial charge is 0.462 e. The van der Waals surface area contributed by atoms with Crippen LogP contribution in [0, 0.1) is 103 Å². The molecule has 538 valence electrons. The number of aliphatic hydroxyl groups is 4. The van der Waals surface area contributed by atoms with Crippen LogP contribution >= 0.6 is 0 Å². The Labute approximate surface area is 580 Å². The molecule has 4 heterocycles. The van der Waals surface area contributed by atoms with Crippen LogP contribution in [-0.4, -0.2) is 126 Å². The lowest BCUT2D eigenvalue weighted by molar-refractivity contribution is -0.152. The number of carbonyl (C=O) groups excluding carboxylic acids is 9. The van der Waals surface area contributed by atoms with E-state index in [1.165, 1.54) is 11.1 Å². The van der Waals surface area contributed by atoms with E-state index in [0.717, 1.165) is 125 Å². The minimum atomic E-state index is -0.940. The SMILES string of the molecule is C=C1CC[C@@H]2[C@@H](C)C(=O)CC[C@@]2(C)[C@@H]1C/C=C1/C(=O)OC[C@H]1C.C=C1CC[C@@H]2[C@](C)(CO)[C@H](O)CC[C@@]2(C)[C@@H]1C/C=C1/C(=O)OC[C@H]1O.C=C1CC[C@H]2[C@@](C)(CCC(=O)[C@@]2(C)C=O)[C@@H]1C/C=C1/C(=O)OC[C@H]1C.C=C1CC[C@H]2[C@@](C)(CCC(=O)[C@@]2(C)C=O)[C@@H]1C/C=C1/C(=O)OC[C@H]1O. The Morgan fingerprint density at radius 2 is 0.765 bits per heavy atom. The molecule has 0 spiro atoms. The molecule has 21 atom stereocenters. The zero-order valence-electron chi connectivity index (χ0n) is 60.1. The van der Waals surface area contributed by atoms with Crippen molar-refractivity contribution in [1.29, 1.82) is 0 Å². The highest BCUT2D eigenvalue weighted by atomic mass is 16.6. The Morgan fingerprint density at radius 3 is 1.12 bits per heavy atom. The summed E-state index contributed by atoms with van der Waals surface area (Å²) in [4.78, 5) is 108. The molecule has 0 bridgehead atoms. The van der Waals surface area contributed by atoms with Gasteiger partial charge in [0.2, 0.25) is 0 Å². The van der Waals surface area contributed by atoms with E-state index in [4.69, 9.17) is 18.9 Å². The van der Waals surface area contributed by atoms with Gasteiger partial charge in [0, 0.05) is 53.6 Å². The van der Waals surface area contributed by atoms with Gasteiger partial charge in [-0.05, 0) is 192 Å². The fourth-order valence-corrected chi connectivity index (χ4v) is 21.3. The Kier molecular flexibility index (Phi) is 22.9. The van der Waals surface area contributed by atoms with Crippen molar-refractivity contribution in [3.05, 3.63) is 95.2 Å². The van der Waals surface area contributed by atoms with Crippen molar-refractivity contribution in [3.63, 3.8) is 0 Å². The molecule has 0 amide bonds. The zero-order chi connectivity index (χ0) is 72.0. The topological polar surface area (TPSA) is 271 Å². The van der Waals surface area contributed by atoms with E-state index in [0.29, 0.717) is 80.5 Å². The predicted octanol–water partition coefficient (Wildman–Crippen LogP) is 12.1. The first-order valence-electron chi connectivity index (χ1n) is 36.4. The average molecular weight is 1360 g/mol. The third kappa shape index (κ3) is 13.8. The van der Waals surface area contributed by atoms with Crippen molar-refractivity contribution in [1.82, 2.24) is 0 Å². The summed E-state index contributed by atoms with van der Waals surface area (Å²) in [5, 5.41) is 40.3. The first kappa shape index (κ1) is 76.2. The van der Waals surface area contributed by atoms with E-state index in [2.05, 4.69) is 67.0 Å². The Bertz CT molecular complexity index is 3250. The molecule has 17 nitrogen and oxygen atoms in total. The number of aliphatic hydroxyl groups excluding tert-OH is 4. The lowest BCUT2D eigenvalue weighted by Crippen LogP contribution is -2.57. The van der Waals surface area contributed by atoms with Crippen molar-refractivity contribution in [2.24, 2.45) is 103 Å². The first-order chi connectivity index (χ1) is 46.1. The van der Waals surface area contributed by atoms with Gasteiger partial charge in [-0.2, -0.15) is 0 Å². The number of allylic oxidation sites excluding steroid dienone is 8. The van der Waals surface area contributed by atoms with Crippen molar-refractivity contribution in [3.8, 4) is 0 Å². The number of esters is 4. The second-order valence-electron chi connectivity index (χ2n) is 33.2. The number of hydrogen-bond donors (Lipinski definition) is 4. The van der Waals surface area contributed by atoms with E-state index in [9.17, 15) is 63.6 Å². The second-order valence-corrected chi connectivity index (χ2v) is 33.2. The van der Waals surface area contributed by atoms with Gasteiger partial charge < -0.3 is 49.0 Å². The molecule has 12 aliphatic rings. The molecule has 4 N–H and O–H groups in total. The molecule has 0 radical (unpaired) electrons. The van der Waals surface area contributed by atoms with E-state index < -0.39 is 46.5 Å². The van der Waals surface area contributed by atoms with E-state index in [1.54, 1.807) is 13.0 Å². The molecule has 12 rings (SSSR count). The zero-order valence-corrected chi connectivity index (χ0v) is 60.1. The number of carbonyl (C=O) groups is 9. The Balaban J connectivity index is 0.000000153. The molecular weight excluding hydrogens is 1240 g/mol. The Morgan fingerprint density at radius 1 is 0.429 bits per heavy atom. The fourth-order valence-electron chi connectivity index (χ4n) is 21.3. The highest BCUT2D eigenvalue weighted by Crippen LogP contribution is 2.64. The molecular formula is C81H112O17. The van der Waals surface area contributed by atoms with Crippen LogP contribution in [0.4, 0.5) is 0 Å². The number of Topliss-reactive ketones (excluding diaryl/α,β-unsaturated/α-hetero) is 3. The van der Waals surface area contributed by atoms with Crippen LogP contribution in [-0.2, 0) is 62.1 Å². The molecule has 0 aromatic heterocycles. The van der Waals surface area contributed by atoms with Gasteiger partial charge >= 0.3 is 23.9 Å². The Hall–Kier alpha value is -6.01. The standard InChI is InChI=1S/C21H28O4.C20H30O5.C20H26O5.C20H28O3/c1-13-5-8-17-20(3,10-9-18(23)21(17,4)12-22)16(13)7-6-15-14(2)11-25-19(15)24;2*1-12-4-7-16-19(2,9-8-17(23)20(16,3)11-21)14(12)6-5-13-15(22)10-25-18(13)24;1-12-5-7-17-14(3)18(21)9-10-20(17,4)16(12)8-6-15-13(2)11-23-19(15)22/h6,12,14,16-17H,1,5,7-11H2,2-4H3;5,14-17,21-23H,1,4,6-11H2,2-3H3;5,11,14-16,22H,1,4,6-10H2,2-3H3;6,13-14,16-17H,1,5,7-11H2,2-4H3/b15-6+;2*13-5+;15-6+/t14-,16-,17+,20+,21+;14-,15-,16+,17-,19+,20+;14-,15-,16+,19+,20+;13-,14-,16-,17-,20+/m1111/s1. The number of ketones is 3. The summed E-state index contributed by atoms with van der Waals surface area (Å²) in [5.74, 6) is 1.19. The molecule has 0 aromatic carbocycles. The highest BCUT2D eigenvalue weighted by molar-refractivity contribution is 6.00. The lowest BCUT2D eigenvalue weighted by atomic mass is 9.46. The summed E-state index contributed by atoms with van der Waals surface area (Å²) in [6.07, 6.45) is 22.6. The van der Waals surface area contributed by atoms with Gasteiger partial charge in [-0.25, -0.2) is 19.2 Å². The monoisotopic (exact) mass is 1360 g/mol. The van der Waals surface area contributed by atoms with Crippen molar-refractivity contribution in [2.45, 2.75) is 216 Å². The molecule has 0 aromatic rings. The molecule has 0 unspecified atom stereocenters. The predicted molar refractivity (Wildman–Crippen MR) is 369 cm³/mol. The van der Waals surface area contributed by atoms with Crippen LogP contribution in [0.3, 0.4) is 0 Å². The fraction of sp³-hybridized carbons (Fsp3) is 0.691. The van der Waals surface area contributed by atoms with Crippen molar-refractivity contribution >= 4 is 53.8 Å². The summed E-state index contributed by atoms with van der Waals surface area (Å²) in [6.45, 7) is 38.7. The molecule has 4 aliphatic heterocycles. The van der Waals surface area contributed by atoms with Crippen LogP contribution in [0.1, 0.15) is 198 Å². The normalized spacial score (nSPS) is 43.8. The summed E-state index contributed by atoms with van der Waals surface area (Å²) >= 11 is 0. The molecule has 8 saturated carbocycles. The van der Waals surface area contributed by atoms with E-state index in [-0.39, 0.29) is 118 Å². The van der Waals surface area contributed by atoms with E-state index in [1.807, 2.05) is 39.8 Å². The third-order valence-electron chi connectivity index (χ3n) is 27.9. The van der Waals surface area contributed by atoms with Gasteiger partial charge in [-0.3, -0.25) is 14.4 Å². The molecule has 17 heteroatoms. The van der Waals surface area contributed by atoms with Crippen LogP contribution < -0.4 is 0 Å². The lowest BCUT2D eigenvalue weighted by Gasteiger charge is -2.59. The van der Waals surface area contributed by atoms with Gasteiger partial charge in [-0.1, -0.05) is 128 Å². The van der Waals surface area contributed by atoms with Crippen molar-refractivity contribution < 1.29 is 82.5 Å². The van der Waals surface area contributed by atoms with Crippen LogP contribution in [0.5, 0.6) is 0 Å². The van der Waals surface area contributed by atoms with Crippen LogP contribution in [0.2, 0.25) is 0 Å². The van der Waals surface area contributed by atoms with Crippen LogP contribution in [0.15, 0.2) is 95.2 Å². The molecule has 8 aliphatic carbocycles. The minimum Gasteiger partial charge on any atom is -0.462 e. The maximum Gasteiger partial charge on any atom is 0.336 e. The maximum absolute atomic E-state index is 12.5. The molecule has 12 fully saturated rings. The number of fused-ring (bicyclic) bond motifs is 4. The summed E-state index contributed by atoms with van der Waals surface area (Å²) < 4.78 is 20.0. The summed E-state index contributed by atoms with van der Waals surface area (Å²) in [5.41, 5.74) is 4.31. The smallest absolute Gasteiger partial charge is 0.336 e. The minimum absolute atomic E-state index is 0.00782. The van der Waals surface area contributed by atoms with Gasteiger partial charge in [0.25, 0.3) is 0 Å². The molecule has 98 heavy (non-hydrogen) atoms. The van der Waals surface area contributed by atoms with E-state index >= 15 is 0 Å². The van der Waals surface area contributed by atoms with Crippen molar-refractivity contribution in [2.75, 3.05) is 33.0 Å². The van der Waals surface area contributed by atoms with Crippen LogP contribution in [0.25, 0.3) is 0 Å². The number of ether oxygens (including phenoxy) is 4. The first-order valence-corrected chi connectivity index (χ1v) is 36.4. The van der Waals surface area contributed by atoms with Gasteiger partial charge in [-0.15, -0.1) is 0 Å². The van der Waals surface area contributed by atoms with Gasteiger partial charge in [0.15, 0.2) is 0 Å². The maximum atomic E-state index is 12.5. The summed E-state index contributed by atoms with van der Waals surface area (Å²) in [6, 6.07) is 0. The number of cyclic esters (lactones) is 4. The quantitative estimate of drug-likeness (QED) is 0.0374. The second kappa shape index (κ2) is 29.5. The summed E-state index contributed by atoms with van der Waals surface area (Å²) in [7, 11) is 0. The van der Waals surface area contributed by atoms with Gasteiger partial charge in [0.1, 0.15) is 55.3 Å². The number of hydrogen-bond acceptors (Lipinski definition) is 17. The average Bonchev–Trinajstić information content (AvgIpc) is 0.850. The third-order valence-corrected chi connectivity index (χ3v) is 27.9. The van der Waals surface area contributed by atoms with Gasteiger partial charge in [0.05, 0.1) is 47.9 Å². The number of rotatable bonds is 11. The number of aldehydes is 2. The molecule has 4 saturated heterocycles. The highest BCUT2D eigenvalue weighted by Gasteiger charge is 2.61.